The van der Waals surface area contributed by atoms with E-state index in [2.05, 4.69) is 10.3 Å². The Hall–Kier alpha value is -1.43. The summed E-state index contributed by atoms with van der Waals surface area (Å²) in [6.07, 6.45) is 2.35. The number of nitrogens with one attached hydrogen (secondary N) is 1. The molecule has 1 heterocycles. The fourth-order valence-corrected chi connectivity index (χ4v) is 2.97. The molecule has 1 atom stereocenters. The first-order chi connectivity index (χ1) is 7.58. The van der Waals surface area contributed by atoms with Gasteiger partial charge < -0.3 is 10.4 Å². The molecule has 0 fully saturated rings. The highest BCUT2D eigenvalue weighted by Crippen LogP contribution is 2.36. The van der Waals surface area contributed by atoms with Gasteiger partial charge in [0.15, 0.2) is 5.13 Å². The molecule has 0 saturated heterocycles. The van der Waals surface area contributed by atoms with Gasteiger partial charge in [0.1, 0.15) is 5.92 Å². The summed E-state index contributed by atoms with van der Waals surface area (Å²) >= 11 is 1.38. The van der Waals surface area contributed by atoms with Gasteiger partial charge in [-0.2, -0.15) is 0 Å². The average Bonchev–Trinajstić information content (AvgIpc) is 2.57. The minimum absolute atomic E-state index is 0.182. The minimum Gasteiger partial charge on any atom is -0.481 e. The van der Waals surface area contributed by atoms with Crippen molar-refractivity contribution in [1.29, 1.82) is 0 Å². The molecule has 0 radical (unpaired) electrons. The van der Waals surface area contributed by atoms with Crippen molar-refractivity contribution in [1.82, 2.24) is 4.98 Å². The molecule has 1 aromatic rings. The van der Waals surface area contributed by atoms with E-state index >= 15 is 0 Å². The monoisotopic (exact) mass is 240 g/mol. The zero-order valence-corrected chi connectivity index (χ0v) is 9.63. The van der Waals surface area contributed by atoms with E-state index < -0.39 is 11.9 Å². The predicted octanol–water partition coefficient (Wildman–Crippen LogP) is 1.61. The van der Waals surface area contributed by atoms with E-state index in [9.17, 15) is 9.59 Å². The summed E-state index contributed by atoms with van der Waals surface area (Å²) < 4.78 is 0. The van der Waals surface area contributed by atoms with Crippen molar-refractivity contribution >= 4 is 28.3 Å². The van der Waals surface area contributed by atoms with Gasteiger partial charge in [-0.3, -0.25) is 9.59 Å². The lowest BCUT2D eigenvalue weighted by Crippen LogP contribution is -2.17. The van der Waals surface area contributed by atoms with Gasteiger partial charge in [-0.25, -0.2) is 4.98 Å². The van der Waals surface area contributed by atoms with Crippen LogP contribution in [0.25, 0.3) is 0 Å². The summed E-state index contributed by atoms with van der Waals surface area (Å²) in [6.45, 7) is 1.41. The minimum atomic E-state index is -0.833. The predicted molar refractivity (Wildman–Crippen MR) is 59.7 cm³/mol. The molecule has 5 nitrogen and oxygen atoms in total. The summed E-state index contributed by atoms with van der Waals surface area (Å²) in [5.74, 6) is -1.53. The van der Waals surface area contributed by atoms with Crippen molar-refractivity contribution in [3.8, 4) is 0 Å². The highest BCUT2D eigenvalue weighted by molar-refractivity contribution is 7.15. The molecule has 6 heteroatoms. The number of rotatable bonds is 2. The molecule has 1 aromatic heterocycles. The maximum Gasteiger partial charge on any atom is 0.312 e. The fourth-order valence-electron chi connectivity index (χ4n) is 1.86. The van der Waals surface area contributed by atoms with Crippen LogP contribution in [0.1, 0.15) is 36.3 Å². The number of hydrogen-bond donors (Lipinski definition) is 2. The van der Waals surface area contributed by atoms with Gasteiger partial charge in [-0.1, -0.05) is 0 Å². The van der Waals surface area contributed by atoms with Crippen molar-refractivity contribution in [2.45, 2.75) is 32.1 Å². The van der Waals surface area contributed by atoms with Gasteiger partial charge >= 0.3 is 5.97 Å². The molecule has 0 unspecified atom stereocenters. The third-order valence-corrected chi connectivity index (χ3v) is 3.58. The van der Waals surface area contributed by atoms with Crippen LogP contribution in [0, 0.1) is 0 Å². The molecule has 1 aliphatic carbocycles. The molecule has 0 aliphatic heterocycles. The average molecular weight is 240 g/mol. The summed E-state index contributed by atoms with van der Waals surface area (Å²) in [5.41, 5.74) is 0.632. The molecule has 86 valence electrons. The van der Waals surface area contributed by atoms with E-state index in [0.717, 1.165) is 17.7 Å². The number of carboxylic acids is 1. The first kappa shape index (κ1) is 11.1. The SMILES string of the molecule is CC(=O)Nc1nc2c(s1)CCC[C@H]2C(=O)O. The standard InChI is InChI=1S/C10H12N2O3S/c1-5(13)11-10-12-8-6(9(14)15)3-2-4-7(8)16-10/h6H,2-4H2,1H3,(H,14,15)(H,11,12,13)/t6-/m1/s1. The number of aromatic nitrogens is 1. The summed E-state index contributed by atoms with van der Waals surface area (Å²) in [7, 11) is 0. The van der Waals surface area contributed by atoms with Crippen LogP contribution in [-0.2, 0) is 16.0 Å². The molecular weight excluding hydrogens is 228 g/mol. The van der Waals surface area contributed by atoms with Crippen LogP contribution in [0.5, 0.6) is 0 Å². The normalized spacial score (nSPS) is 18.9. The van der Waals surface area contributed by atoms with E-state index in [1.54, 1.807) is 0 Å². The molecule has 0 spiro atoms. The Morgan fingerprint density at radius 1 is 1.56 bits per heavy atom. The van der Waals surface area contributed by atoms with Crippen molar-refractivity contribution in [2.24, 2.45) is 0 Å². The van der Waals surface area contributed by atoms with E-state index in [0.29, 0.717) is 17.2 Å². The second-order valence-electron chi connectivity index (χ2n) is 3.79. The summed E-state index contributed by atoms with van der Waals surface area (Å²) in [6, 6.07) is 0. The van der Waals surface area contributed by atoms with Crippen molar-refractivity contribution in [3.05, 3.63) is 10.6 Å². The molecule has 2 rings (SSSR count). The first-order valence-corrected chi connectivity index (χ1v) is 5.89. The molecule has 1 aliphatic rings. The van der Waals surface area contributed by atoms with E-state index in [1.165, 1.54) is 18.3 Å². The lowest BCUT2D eigenvalue weighted by molar-refractivity contribution is -0.139. The van der Waals surface area contributed by atoms with E-state index in [4.69, 9.17) is 5.11 Å². The van der Waals surface area contributed by atoms with Crippen LogP contribution in [0.3, 0.4) is 0 Å². The second-order valence-corrected chi connectivity index (χ2v) is 4.88. The lowest BCUT2D eigenvalue weighted by atomic mass is 9.91. The first-order valence-electron chi connectivity index (χ1n) is 5.08. The van der Waals surface area contributed by atoms with Gasteiger partial charge in [0.25, 0.3) is 0 Å². The fraction of sp³-hybridized carbons (Fsp3) is 0.500. The molecule has 16 heavy (non-hydrogen) atoms. The number of aryl methyl sites for hydroxylation is 1. The van der Waals surface area contributed by atoms with Crippen molar-refractivity contribution < 1.29 is 14.7 Å². The van der Waals surface area contributed by atoms with E-state index in [1.807, 2.05) is 0 Å². The van der Waals surface area contributed by atoms with Crippen molar-refractivity contribution in [3.63, 3.8) is 0 Å². The van der Waals surface area contributed by atoms with E-state index in [-0.39, 0.29) is 5.91 Å². The zero-order valence-electron chi connectivity index (χ0n) is 8.82. The van der Waals surface area contributed by atoms with Crippen molar-refractivity contribution in [2.75, 3.05) is 5.32 Å². The number of nitrogens with zero attached hydrogens (tertiary/aromatic N) is 1. The summed E-state index contributed by atoms with van der Waals surface area (Å²) in [4.78, 5) is 27.1. The number of anilines is 1. The molecular formula is C10H12N2O3S. The molecule has 0 aromatic carbocycles. The Kier molecular flexibility index (Phi) is 2.91. The molecule has 0 bridgehead atoms. The van der Waals surface area contributed by atoms with Crippen LogP contribution in [0.4, 0.5) is 5.13 Å². The third-order valence-electron chi connectivity index (χ3n) is 2.54. The number of fused-ring (bicyclic) bond motifs is 1. The quantitative estimate of drug-likeness (QED) is 0.823. The Bertz CT molecular complexity index is 441. The Morgan fingerprint density at radius 3 is 2.94 bits per heavy atom. The van der Waals surface area contributed by atoms with Crippen LogP contribution < -0.4 is 5.32 Å². The second kappa shape index (κ2) is 4.21. The van der Waals surface area contributed by atoms with Gasteiger partial charge in [-0.15, -0.1) is 11.3 Å². The number of thiazole rings is 1. The Morgan fingerprint density at radius 2 is 2.31 bits per heavy atom. The highest BCUT2D eigenvalue weighted by atomic mass is 32.1. The Balaban J connectivity index is 2.30. The Labute approximate surface area is 96.5 Å². The van der Waals surface area contributed by atoms with Crippen LogP contribution in [0.15, 0.2) is 0 Å². The van der Waals surface area contributed by atoms with Crippen LogP contribution >= 0.6 is 11.3 Å². The van der Waals surface area contributed by atoms with Gasteiger partial charge in [0.2, 0.25) is 5.91 Å². The zero-order chi connectivity index (χ0) is 11.7. The van der Waals surface area contributed by atoms with Crippen LogP contribution in [-0.4, -0.2) is 22.0 Å². The third kappa shape index (κ3) is 2.06. The number of carbonyl (C=O) groups is 2. The maximum atomic E-state index is 11.0. The molecule has 1 amide bonds. The highest BCUT2D eigenvalue weighted by Gasteiger charge is 2.29. The van der Waals surface area contributed by atoms with Gasteiger partial charge in [0, 0.05) is 11.8 Å². The summed E-state index contributed by atoms with van der Waals surface area (Å²) in [5, 5.41) is 12.2. The number of hydrogen-bond acceptors (Lipinski definition) is 4. The largest absolute Gasteiger partial charge is 0.481 e. The number of carbonyl (C=O) groups excluding carboxylic acids is 1. The molecule has 0 saturated carbocycles. The molecule has 2 N–H and O–H groups in total. The lowest BCUT2D eigenvalue weighted by Gasteiger charge is -2.16. The number of aliphatic carboxylic acids is 1. The number of carboxylic acid groups (broad SMARTS) is 1. The maximum absolute atomic E-state index is 11.0. The van der Waals surface area contributed by atoms with Gasteiger partial charge in [-0.05, 0) is 19.3 Å². The topological polar surface area (TPSA) is 79.3 Å². The number of amides is 1. The van der Waals surface area contributed by atoms with Crippen LogP contribution in [0.2, 0.25) is 0 Å². The van der Waals surface area contributed by atoms with Gasteiger partial charge in [0.05, 0.1) is 5.69 Å². The smallest absolute Gasteiger partial charge is 0.312 e.